The SMILES string of the molecule is CCCOCC(N)C1CCOC1CC. The van der Waals surface area contributed by atoms with Crippen LogP contribution in [-0.2, 0) is 9.47 Å². The molecule has 0 bridgehead atoms. The lowest BCUT2D eigenvalue weighted by molar-refractivity contribution is 0.0575. The van der Waals surface area contributed by atoms with Crippen LogP contribution in [0, 0.1) is 5.92 Å². The van der Waals surface area contributed by atoms with Gasteiger partial charge in [0.15, 0.2) is 0 Å². The van der Waals surface area contributed by atoms with Crippen LogP contribution >= 0.6 is 0 Å². The van der Waals surface area contributed by atoms with Crippen molar-refractivity contribution in [1.82, 2.24) is 0 Å². The van der Waals surface area contributed by atoms with Crippen molar-refractivity contribution in [3.05, 3.63) is 0 Å². The molecule has 1 aliphatic rings. The fraction of sp³-hybridized carbons (Fsp3) is 1.00. The number of nitrogens with two attached hydrogens (primary N) is 1. The van der Waals surface area contributed by atoms with Gasteiger partial charge in [0.25, 0.3) is 0 Å². The number of hydrogen-bond donors (Lipinski definition) is 1. The molecule has 0 amide bonds. The molecule has 3 nitrogen and oxygen atoms in total. The molecule has 0 aliphatic carbocycles. The molecule has 3 unspecified atom stereocenters. The third-order valence-electron chi connectivity index (χ3n) is 2.87. The van der Waals surface area contributed by atoms with Crippen LogP contribution in [0.1, 0.15) is 33.1 Å². The summed E-state index contributed by atoms with van der Waals surface area (Å²) in [5.74, 6) is 0.497. The van der Waals surface area contributed by atoms with Gasteiger partial charge in [0.2, 0.25) is 0 Å². The van der Waals surface area contributed by atoms with E-state index in [2.05, 4.69) is 13.8 Å². The molecule has 0 saturated carbocycles. The summed E-state index contributed by atoms with van der Waals surface area (Å²) >= 11 is 0. The number of rotatable bonds is 6. The van der Waals surface area contributed by atoms with Gasteiger partial charge in [-0.2, -0.15) is 0 Å². The second kappa shape index (κ2) is 6.38. The molecule has 14 heavy (non-hydrogen) atoms. The Morgan fingerprint density at radius 3 is 2.93 bits per heavy atom. The molecule has 2 N–H and O–H groups in total. The highest BCUT2D eigenvalue weighted by atomic mass is 16.5. The van der Waals surface area contributed by atoms with E-state index in [4.69, 9.17) is 15.2 Å². The Hall–Kier alpha value is -0.120. The third-order valence-corrected chi connectivity index (χ3v) is 2.87. The summed E-state index contributed by atoms with van der Waals surface area (Å²) < 4.78 is 11.1. The molecular weight excluding hydrogens is 178 g/mol. The molecule has 84 valence electrons. The Labute approximate surface area is 86.9 Å². The molecular formula is C11H23NO2. The van der Waals surface area contributed by atoms with E-state index in [0.717, 1.165) is 32.5 Å². The largest absolute Gasteiger partial charge is 0.380 e. The van der Waals surface area contributed by atoms with Crippen molar-refractivity contribution in [2.45, 2.75) is 45.3 Å². The minimum atomic E-state index is 0.147. The smallest absolute Gasteiger partial charge is 0.0621 e. The first-order valence-corrected chi connectivity index (χ1v) is 5.74. The van der Waals surface area contributed by atoms with Gasteiger partial charge in [0, 0.05) is 25.2 Å². The average molecular weight is 201 g/mol. The fourth-order valence-electron chi connectivity index (χ4n) is 2.06. The average Bonchev–Trinajstić information content (AvgIpc) is 2.65. The first-order chi connectivity index (χ1) is 6.79. The van der Waals surface area contributed by atoms with Crippen LogP contribution in [0.3, 0.4) is 0 Å². The van der Waals surface area contributed by atoms with Crippen LogP contribution < -0.4 is 5.73 Å². The van der Waals surface area contributed by atoms with Gasteiger partial charge in [0.05, 0.1) is 12.7 Å². The maximum Gasteiger partial charge on any atom is 0.0621 e. The summed E-state index contributed by atoms with van der Waals surface area (Å²) in [5.41, 5.74) is 6.08. The summed E-state index contributed by atoms with van der Waals surface area (Å²) in [7, 11) is 0. The maximum atomic E-state index is 6.08. The van der Waals surface area contributed by atoms with Gasteiger partial charge >= 0.3 is 0 Å². The second-order valence-electron chi connectivity index (χ2n) is 4.01. The third kappa shape index (κ3) is 3.23. The summed E-state index contributed by atoms with van der Waals surface area (Å²) in [6.07, 6.45) is 3.57. The van der Waals surface area contributed by atoms with E-state index >= 15 is 0 Å². The van der Waals surface area contributed by atoms with Crippen LogP contribution in [0.4, 0.5) is 0 Å². The maximum absolute atomic E-state index is 6.08. The molecule has 3 heteroatoms. The van der Waals surface area contributed by atoms with E-state index in [-0.39, 0.29) is 6.04 Å². The van der Waals surface area contributed by atoms with Crippen LogP contribution in [0.25, 0.3) is 0 Å². The Morgan fingerprint density at radius 2 is 2.29 bits per heavy atom. The van der Waals surface area contributed by atoms with Crippen molar-refractivity contribution in [1.29, 1.82) is 0 Å². The minimum Gasteiger partial charge on any atom is -0.380 e. The summed E-state index contributed by atoms with van der Waals surface area (Å²) in [5, 5.41) is 0. The van der Waals surface area contributed by atoms with Gasteiger partial charge in [-0.15, -0.1) is 0 Å². The van der Waals surface area contributed by atoms with Crippen molar-refractivity contribution in [3.63, 3.8) is 0 Å². The van der Waals surface area contributed by atoms with Gasteiger partial charge in [0.1, 0.15) is 0 Å². The highest BCUT2D eigenvalue weighted by Crippen LogP contribution is 2.25. The highest BCUT2D eigenvalue weighted by molar-refractivity contribution is 4.83. The molecule has 0 aromatic carbocycles. The first-order valence-electron chi connectivity index (χ1n) is 5.74. The van der Waals surface area contributed by atoms with Gasteiger partial charge in [-0.05, 0) is 19.3 Å². The van der Waals surface area contributed by atoms with E-state index in [9.17, 15) is 0 Å². The molecule has 1 heterocycles. The van der Waals surface area contributed by atoms with Crippen molar-refractivity contribution in [3.8, 4) is 0 Å². The van der Waals surface area contributed by atoms with Gasteiger partial charge in [-0.3, -0.25) is 0 Å². The zero-order chi connectivity index (χ0) is 10.4. The summed E-state index contributed by atoms with van der Waals surface area (Å²) in [6, 6.07) is 0.147. The predicted molar refractivity (Wildman–Crippen MR) is 57.2 cm³/mol. The van der Waals surface area contributed by atoms with E-state index in [0.29, 0.717) is 18.6 Å². The zero-order valence-electron chi connectivity index (χ0n) is 9.37. The molecule has 1 rings (SSSR count). The van der Waals surface area contributed by atoms with Gasteiger partial charge in [-0.25, -0.2) is 0 Å². The normalized spacial score (nSPS) is 29.4. The standard InChI is InChI=1S/C11H23NO2/c1-3-6-13-8-10(12)9-5-7-14-11(9)4-2/h9-11H,3-8,12H2,1-2H3. The number of ether oxygens (including phenoxy) is 2. The topological polar surface area (TPSA) is 44.5 Å². The Kier molecular flexibility index (Phi) is 5.45. The minimum absolute atomic E-state index is 0.147. The number of hydrogen-bond acceptors (Lipinski definition) is 3. The van der Waals surface area contributed by atoms with E-state index in [1.165, 1.54) is 0 Å². The molecule has 0 spiro atoms. The lowest BCUT2D eigenvalue weighted by Gasteiger charge is -2.23. The van der Waals surface area contributed by atoms with Crippen molar-refractivity contribution < 1.29 is 9.47 Å². The van der Waals surface area contributed by atoms with E-state index in [1.54, 1.807) is 0 Å². The van der Waals surface area contributed by atoms with Gasteiger partial charge in [-0.1, -0.05) is 13.8 Å². The molecule has 1 fully saturated rings. The lowest BCUT2D eigenvalue weighted by atomic mass is 9.92. The van der Waals surface area contributed by atoms with Gasteiger partial charge < -0.3 is 15.2 Å². The zero-order valence-corrected chi connectivity index (χ0v) is 9.37. The van der Waals surface area contributed by atoms with Crippen molar-refractivity contribution in [2.75, 3.05) is 19.8 Å². The van der Waals surface area contributed by atoms with Crippen molar-refractivity contribution in [2.24, 2.45) is 11.7 Å². The summed E-state index contributed by atoms with van der Waals surface area (Å²) in [6.45, 7) is 6.63. The van der Waals surface area contributed by atoms with Crippen molar-refractivity contribution >= 4 is 0 Å². The monoisotopic (exact) mass is 201 g/mol. The molecule has 1 aliphatic heterocycles. The molecule has 3 atom stereocenters. The quantitative estimate of drug-likeness (QED) is 0.663. The van der Waals surface area contributed by atoms with Crippen LogP contribution in [0.15, 0.2) is 0 Å². The predicted octanol–water partition coefficient (Wildman–Crippen LogP) is 1.56. The Morgan fingerprint density at radius 1 is 1.50 bits per heavy atom. The van der Waals surface area contributed by atoms with E-state index in [1.807, 2.05) is 0 Å². The lowest BCUT2D eigenvalue weighted by Crippen LogP contribution is -2.39. The van der Waals surface area contributed by atoms with Crippen LogP contribution in [0.2, 0.25) is 0 Å². The highest BCUT2D eigenvalue weighted by Gasteiger charge is 2.31. The van der Waals surface area contributed by atoms with E-state index < -0.39 is 0 Å². The molecule has 0 aromatic rings. The first kappa shape index (κ1) is 12.0. The van der Waals surface area contributed by atoms with Crippen LogP contribution in [-0.4, -0.2) is 32.0 Å². The molecule has 0 aromatic heterocycles. The van der Waals surface area contributed by atoms with Crippen LogP contribution in [0.5, 0.6) is 0 Å². The second-order valence-corrected chi connectivity index (χ2v) is 4.01. The Bertz CT molecular complexity index is 152. The summed E-state index contributed by atoms with van der Waals surface area (Å²) in [4.78, 5) is 0. The molecule has 0 radical (unpaired) electrons. The fourth-order valence-corrected chi connectivity index (χ4v) is 2.06. The Balaban J connectivity index is 2.24. The molecule has 1 saturated heterocycles.